The van der Waals surface area contributed by atoms with E-state index in [1.807, 2.05) is 6.92 Å². The van der Waals surface area contributed by atoms with Crippen LogP contribution in [0, 0.1) is 10.9 Å². The summed E-state index contributed by atoms with van der Waals surface area (Å²) in [4.78, 5) is 12.2. The van der Waals surface area contributed by atoms with Crippen LogP contribution in [0.3, 0.4) is 0 Å². The summed E-state index contributed by atoms with van der Waals surface area (Å²) < 4.78 is 5.79. The molecule has 0 spiro atoms. The summed E-state index contributed by atoms with van der Waals surface area (Å²) in [5, 5.41) is 0. The number of nitrogens with zero attached hydrogens (tertiary/aromatic N) is 2. The highest BCUT2D eigenvalue weighted by Crippen LogP contribution is 2.24. The molecular formula is C7H7N3OS2. The third kappa shape index (κ3) is 1.42. The number of thiazole rings is 1. The molecular weight excluding hydrogens is 206 g/mol. The zero-order valence-electron chi connectivity index (χ0n) is 7.12. The number of aryl methyl sites for hydroxylation is 1. The van der Waals surface area contributed by atoms with Crippen LogP contribution in [0.25, 0.3) is 10.3 Å². The zero-order valence-corrected chi connectivity index (χ0v) is 8.75. The first kappa shape index (κ1) is 8.58. The van der Waals surface area contributed by atoms with Crippen LogP contribution in [0.5, 0.6) is 5.88 Å². The average Bonchev–Trinajstić information content (AvgIpc) is 2.43. The zero-order chi connectivity index (χ0) is 9.42. The Morgan fingerprint density at radius 1 is 1.46 bits per heavy atom. The molecule has 0 saturated carbocycles. The first-order valence-electron chi connectivity index (χ1n) is 3.62. The molecule has 0 aliphatic rings. The van der Waals surface area contributed by atoms with Crippen molar-refractivity contribution in [1.82, 2.24) is 15.0 Å². The molecule has 0 radical (unpaired) electrons. The molecule has 68 valence electrons. The highest BCUT2D eigenvalue weighted by Gasteiger charge is 2.07. The molecule has 0 aliphatic carbocycles. The number of nitrogens with one attached hydrogen (secondary N) is 1. The Morgan fingerprint density at radius 3 is 2.92 bits per heavy atom. The van der Waals surface area contributed by atoms with Crippen molar-refractivity contribution >= 4 is 33.9 Å². The lowest BCUT2D eigenvalue weighted by atomic mass is 10.5. The van der Waals surface area contributed by atoms with Gasteiger partial charge in [0.2, 0.25) is 5.88 Å². The summed E-state index contributed by atoms with van der Waals surface area (Å²) in [6.07, 6.45) is 0. The third-order valence-corrected chi connectivity index (χ3v) is 2.69. The molecule has 6 heteroatoms. The standard InChI is InChI=1S/C7H7N3OS2/c1-3-8-5(11-2)4-6(9-3)13-7(12)10-4/h1-2H3,(H,10,12). The summed E-state index contributed by atoms with van der Waals surface area (Å²) in [5.41, 5.74) is 0.781. The number of aromatic nitrogens is 3. The van der Waals surface area contributed by atoms with Gasteiger partial charge in [-0.05, 0) is 19.1 Å². The Hall–Kier alpha value is -1.01. The maximum atomic E-state index is 5.10. The van der Waals surface area contributed by atoms with E-state index in [4.69, 9.17) is 17.0 Å². The van der Waals surface area contributed by atoms with Crippen molar-refractivity contribution in [3.8, 4) is 5.88 Å². The van der Waals surface area contributed by atoms with Crippen LogP contribution in [0.4, 0.5) is 0 Å². The molecule has 2 rings (SSSR count). The van der Waals surface area contributed by atoms with Crippen LogP contribution in [-0.4, -0.2) is 22.1 Å². The van der Waals surface area contributed by atoms with Crippen molar-refractivity contribution in [2.45, 2.75) is 6.92 Å². The number of methoxy groups -OCH3 is 1. The van der Waals surface area contributed by atoms with Crippen molar-refractivity contribution in [2.75, 3.05) is 7.11 Å². The van der Waals surface area contributed by atoms with Gasteiger partial charge in [-0.2, -0.15) is 4.98 Å². The van der Waals surface area contributed by atoms with Crippen LogP contribution >= 0.6 is 23.6 Å². The lowest BCUT2D eigenvalue weighted by Crippen LogP contribution is -1.93. The molecule has 0 aromatic carbocycles. The largest absolute Gasteiger partial charge is 0.479 e. The van der Waals surface area contributed by atoms with E-state index < -0.39 is 0 Å². The van der Waals surface area contributed by atoms with E-state index in [9.17, 15) is 0 Å². The summed E-state index contributed by atoms with van der Waals surface area (Å²) >= 11 is 6.43. The highest BCUT2D eigenvalue weighted by molar-refractivity contribution is 7.73. The van der Waals surface area contributed by atoms with Gasteiger partial charge in [0.1, 0.15) is 16.2 Å². The quantitative estimate of drug-likeness (QED) is 0.737. The molecule has 0 atom stereocenters. The van der Waals surface area contributed by atoms with Crippen molar-refractivity contribution in [3.63, 3.8) is 0 Å². The first-order valence-corrected chi connectivity index (χ1v) is 4.84. The van der Waals surface area contributed by atoms with E-state index in [-0.39, 0.29) is 0 Å². The van der Waals surface area contributed by atoms with Crippen LogP contribution in [0.15, 0.2) is 0 Å². The fourth-order valence-corrected chi connectivity index (χ4v) is 2.15. The Bertz CT molecular complexity index is 502. The number of aromatic amines is 1. The normalized spacial score (nSPS) is 10.6. The van der Waals surface area contributed by atoms with Gasteiger partial charge in [0.25, 0.3) is 0 Å². The highest BCUT2D eigenvalue weighted by atomic mass is 32.1. The summed E-state index contributed by atoms with van der Waals surface area (Å²) in [6, 6.07) is 0. The number of ether oxygens (including phenoxy) is 1. The predicted octanol–water partition coefficient (Wildman–Crippen LogP) is 2.07. The van der Waals surface area contributed by atoms with Gasteiger partial charge in [-0.1, -0.05) is 11.3 Å². The minimum absolute atomic E-state index is 0.551. The second-order valence-electron chi connectivity index (χ2n) is 2.47. The fourth-order valence-electron chi connectivity index (χ4n) is 1.07. The number of hydrogen-bond acceptors (Lipinski definition) is 5. The number of H-pyrrole nitrogens is 1. The lowest BCUT2D eigenvalue weighted by molar-refractivity contribution is 0.400. The van der Waals surface area contributed by atoms with Crippen LogP contribution in [0.2, 0.25) is 0 Å². The number of fused-ring (bicyclic) bond motifs is 1. The van der Waals surface area contributed by atoms with Crippen molar-refractivity contribution in [1.29, 1.82) is 0 Å². The SMILES string of the molecule is COc1nc(C)nc2sc(=S)[nH]c12. The molecule has 1 N–H and O–H groups in total. The van der Waals surface area contributed by atoms with Crippen molar-refractivity contribution in [3.05, 3.63) is 9.78 Å². The van der Waals surface area contributed by atoms with E-state index in [2.05, 4.69) is 15.0 Å². The van der Waals surface area contributed by atoms with Gasteiger partial charge in [-0.15, -0.1) is 0 Å². The topological polar surface area (TPSA) is 50.8 Å². The minimum atomic E-state index is 0.551. The summed E-state index contributed by atoms with van der Waals surface area (Å²) in [6.45, 7) is 1.82. The van der Waals surface area contributed by atoms with E-state index >= 15 is 0 Å². The van der Waals surface area contributed by atoms with Crippen molar-refractivity contribution < 1.29 is 4.74 Å². The summed E-state index contributed by atoms with van der Waals surface area (Å²) in [7, 11) is 1.58. The molecule has 2 aromatic heterocycles. The van der Waals surface area contributed by atoms with Gasteiger partial charge in [0.15, 0.2) is 3.95 Å². The monoisotopic (exact) mass is 213 g/mol. The van der Waals surface area contributed by atoms with E-state index in [1.54, 1.807) is 7.11 Å². The van der Waals surface area contributed by atoms with E-state index in [0.29, 0.717) is 15.7 Å². The van der Waals surface area contributed by atoms with E-state index in [1.165, 1.54) is 11.3 Å². The molecule has 0 saturated heterocycles. The Labute approximate surface area is 83.6 Å². The second kappa shape index (κ2) is 3.04. The molecule has 2 heterocycles. The minimum Gasteiger partial charge on any atom is -0.479 e. The maximum Gasteiger partial charge on any atom is 0.242 e. The van der Waals surface area contributed by atoms with Crippen molar-refractivity contribution in [2.24, 2.45) is 0 Å². The summed E-state index contributed by atoms with van der Waals surface area (Å²) in [5.74, 6) is 1.24. The van der Waals surface area contributed by atoms with Crippen LogP contribution in [0.1, 0.15) is 5.82 Å². The molecule has 0 aliphatic heterocycles. The fraction of sp³-hybridized carbons (Fsp3) is 0.286. The molecule has 13 heavy (non-hydrogen) atoms. The Kier molecular flexibility index (Phi) is 2.01. The third-order valence-electron chi connectivity index (χ3n) is 1.56. The lowest BCUT2D eigenvalue weighted by Gasteiger charge is -1.99. The Balaban J connectivity index is 2.88. The molecule has 2 aromatic rings. The average molecular weight is 213 g/mol. The molecule has 0 bridgehead atoms. The smallest absolute Gasteiger partial charge is 0.242 e. The first-order chi connectivity index (χ1) is 6.20. The van der Waals surface area contributed by atoms with E-state index in [0.717, 1.165) is 10.3 Å². The van der Waals surface area contributed by atoms with Crippen LogP contribution < -0.4 is 4.74 Å². The van der Waals surface area contributed by atoms with Gasteiger partial charge < -0.3 is 9.72 Å². The number of rotatable bonds is 1. The van der Waals surface area contributed by atoms with Gasteiger partial charge >= 0.3 is 0 Å². The predicted molar refractivity (Wildman–Crippen MR) is 53.9 cm³/mol. The second-order valence-corrected chi connectivity index (χ2v) is 4.14. The number of hydrogen-bond donors (Lipinski definition) is 1. The van der Waals surface area contributed by atoms with Gasteiger partial charge in [-0.3, -0.25) is 0 Å². The molecule has 0 amide bonds. The molecule has 0 unspecified atom stereocenters. The van der Waals surface area contributed by atoms with Gasteiger partial charge in [0.05, 0.1) is 7.11 Å². The van der Waals surface area contributed by atoms with Crippen LogP contribution in [-0.2, 0) is 0 Å². The molecule has 0 fully saturated rings. The van der Waals surface area contributed by atoms with Gasteiger partial charge in [-0.25, -0.2) is 4.98 Å². The molecule has 4 nitrogen and oxygen atoms in total. The Morgan fingerprint density at radius 2 is 2.23 bits per heavy atom. The van der Waals surface area contributed by atoms with Gasteiger partial charge in [0, 0.05) is 0 Å². The maximum absolute atomic E-state index is 5.10.